The standard InChI is InChI=1S/C18H23NO2/c1-12-9-13(2)18(21)16(10-12)14(3)19-17(11-20)15-7-5-4-6-8-15/h4-10,14,17,19-21H,11H2,1-3H3/t14-,17-/m0/s1. The van der Waals surface area contributed by atoms with Crippen molar-refractivity contribution in [3.63, 3.8) is 0 Å². The lowest BCUT2D eigenvalue weighted by atomic mass is 9.99. The average Bonchev–Trinajstić information content (AvgIpc) is 2.49. The van der Waals surface area contributed by atoms with Crippen LogP contribution in [0.1, 0.15) is 41.3 Å². The van der Waals surface area contributed by atoms with Crippen molar-refractivity contribution >= 4 is 0 Å². The molecule has 0 aliphatic heterocycles. The molecule has 3 nitrogen and oxygen atoms in total. The van der Waals surface area contributed by atoms with Gasteiger partial charge in [-0.25, -0.2) is 0 Å². The van der Waals surface area contributed by atoms with Gasteiger partial charge < -0.3 is 15.5 Å². The summed E-state index contributed by atoms with van der Waals surface area (Å²) in [5.74, 6) is 0.324. The molecule has 0 saturated heterocycles. The Bertz CT molecular complexity index is 596. The van der Waals surface area contributed by atoms with E-state index in [1.807, 2.05) is 63.2 Å². The van der Waals surface area contributed by atoms with Crippen LogP contribution in [-0.2, 0) is 0 Å². The molecule has 0 spiro atoms. The first kappa shape index (κ1) is 15.5. The maximum absolute atomic E-state index is 10.2. The molecule has 3 heteroatoms. The maximum Gasteiger partial charge on any atom is 0.123 e. The highest BCUT2D eigenvalue weighted by Crippen LogP contribution is 2.30. The van der Waals surface area contributed by atoms with Gasteiger partial charge in [0.2, 0.25) is 0 Å². The van der Waals surface area contributed by atoms with Gasteiger partial charge in [-0.3, -0.25) is 0 Å². The minimum Gasteiger partial charge on any atom is -0.507 e. The summed E-state index contributed by atoms with van der Waals surface area (Å²) in [7, 11) is 0. The molecule has 2 rings (SSSR count). The zero-order chi connectivity index (χ0) is 15.4. The topological polar surface area (TPSA) is 52.5 Å². The molecular formula is C18H23NO2. The van der Waals surface area contributed by atoms with E-state index in [2.05, 4.69) is 5.32 Å². The number of aliphatic hydroxyl groups is 1. The first-order valence-electron chi connectivity index (χ1n) is 7.25. The molecule has 0 aliphatic rings. The van der Waals surface area contributed by atoms with E-state index in [0.29, 0.717) is 5.75 Å². The summed E-state index contributed by atoms with van der Waals surface area (Å²) in [5, 5.41) is 23.3. The lowest BCUT2D eigenvalue weighted by Crippen LogP contribution is -2.27. The summed E-state index contributed by atoms with van der Waals surface area (Å²) in [6.45, 7) is 5.93. The number of aryl methyl sites for hydroxylation is 2. The van der Waals surface area contributed by atoms with Crippen LogP contribution in [-0.4, -0.2) is 16.8 Å². The number of phenolic OH excluding ortho intramolecular Hbond substituents is 1. The normalized spacial score (nSPS) is 13.9. The molecule has 0 saturated carbocycles. The summed E-state index contributed by atoms with van der Waals surface area (Å²) in [6, 6.07) is 13.6. The Kier molecular flexibility index (Phi) is 4.99. The largest absolute Gasteiger partial charge is 0.507 e. The van der Waals surface area contributed by atoms with Crippen LogP contribution in [0.15, 0.2) is 42.5 Å². The highest BCUT2D eigenvalue weighted by molar-refractivity contribution is 5.44. The SMILES string of the molecule is Cc1cc(C)c(O)c([C@H](C)N[C@@H](CO)c2ccccc2)c1. The van der Waals surface area contributed by atoms with Crippen LogP contribution in [0.2, 0.25) is 0 Å². The maximum atomic E-state index is 10.2. The van der Waals surface area contributed by atoms with Crippen LogP contribution in [0.3, 0.4) is 0 Å². The molecule has 0 amide bonds. The van der Waals surface area contributed by atoms with Crippen molar-refractivity contribution in [1.82, 2.24) is 5.32 Å². The number of nitrogens with one attached hydrogen (secondary N) is 1. The van der Waals surface area contributed by atoms with Gasteiger partial charge in [0.05, 0.1) is 12.6 Å². The molecule has 0 aliphatic carbocycles. The number of phenols is 1. The van der Waals surface area contributed by atoms with Crippen LogP contribution >= 0.6 is 0 Å². The highest BCUT2D eigenvalue weighted by atomic mass is 16.3. The Labute approximate surface area is 126 Å². The Hall–Kier alpha value is -1.84. The van der Waals surface area contributed by atoms with Gasteiger partial charge in [0.1, 0.15) is 5.75 Å². The van der Waals surface area contributed by atoms with Crippen molar-refractivity contribution in [1.29, 1.82) is 0 Å². The summed E-state index contributed by atoms with van der Waals surface area (Å²) in [4.78, 5) is 0. The predicted molar refractivity (Wildman–Crippen MR) is 85.4 cm³/mol. The van der Waals surface area contributed by atoms with Gasteiger partial charge in [-0.05, 0) is 31.9 Å². The van der Waals surface area contributed by atoms with Crippen LogP contribution in [0, 0.1) is 13.8 Å². The number of hydrogen-bond acceptors (Lipinski definition) is 3. The molecule has 0 fully saturated rings. The van der Waals surface area contributed by atoms with Gasteiger partial charge in [0, 0.05) is 11.6 Å². The van der Waals surface area contributed by atoms with Crippen molar-refractivity contribution in [2.75, 3.05) is 6.61 Å². The summed E-state index contributed by atoms with van der Waals surface area (Å²) in [5.41, 5.74) is 3.89. The van der Waals surface area contributed by atoms with E-state index < -0.39 is 0 Å². The molecule has 0 bridgehead atoms. The Balaban J connectivity index is 2.22. The molecule has 21 heavy (non-hydrogen) atoms. The molecular weight excluding hydrogens is 262 g/mol. The zero-order valence-corrected chi connectivity index (χ0v) is 12.8. The Morgan fingerprint density at radius 1 is 1.10 bits per heavy atom. The smallest absolute Gasteiger partial charge is 0.123 e. The van der Waals surface area contributed by atoms with Crippen LogP contribution in [0.5, 0.6) is 5.75 Å². The van der Waals surface area contributed by atoms with E-state index in [1.165, 1.54) is 0 Å². The predicted octanol–water partition coefficient (Wildman–Crippen LogP) is 3.39. The summed E-state index contributed by atoms with van der Waals surface area (Å²) < 4.78 is 0. The molecule has 112 valence electrons. The van der Waals surface area contributed by atoms with E-state index >= 15 is 0 Å². The second kappa shape index (κ2) is 6.74. The third kappa shape index (κ3) is 3.63. The molecule has 0 radical (unpaired) electrons. The van der Waals surface area contributed by atoms with Crippen molar-refractivity contribution in [2.24, 2.45) is 0 Å². The third-order valence-electron chi connectivity index (χ3n) is 3.78. The van der Waals surface area contributed by atoms with E-state index in [0.717, 1.165) is 22.3 Å². The van der Waals surface area contributed by atoms with Gasteiger partial charge >= 0.3 is 0 Å². The second-order valence-electron chi connectivity index (χ2n) is 5.55. The molecule has 3 N–H and O–H groups in total. The van der Waals surface area contributed by atoms with Gasteiger partial charge in [-0.2, -0.15) is 0 Å². The minimum absolute atomic E-state index is 0.0138. The van der Waals surface area contributed by atoms with Crippen molar-refractivity contribution in [2.45, 2.75) is 32.9 Å². The molecule has 2 aromatic carbocycles. The van der Waals surface area contributed by atoms with E-state index in [4.69, 9.17) is 0 Å². The summed E-state index contributed by atoms with van der Waals surface area (Å²) >= 11 is 0. The van der Waals surface area contributed by atoms with Gasteiger partial charge in [0.25, 0.3) is 0 Å². The zero-order valence-electron chi connectivity index (χ0n) is 12.8. The quantitative estimate of drug-likeness (QED) is 0.789. The van der Waals surface area contributed by atoms with Crippen LogP contribution in [0.4, 0.5) is 0 Å². The number of aromatic hydroxyl groups is 1. The average molecular weight is 285 g/mol. The van der Waals surface area contributed by atoms with Crippen molar-refractivity contribution in [3.8, 4) is 5.75 Å². The summed E-state index contributed by atoms with van der Waals surface area (Å²) in [6.07, 6.45) is 0. The second-order valence-corrected chi connectivity index (χ2v) is 5.55. The molecule has 0 heterocycles. The monoisotopic (exact) mass is 285 g/mol. The van der Waals surface area contributed by atoms with Gasteiger partial charge in [-0.15, -0.1) is 0 Å². The lowest BCUT2D eigenvalue weighted by molar-refractivity contribution is 0.234. The first-order chi connectivity index (χ1) is 10.0. The highest BCUT2D eigenvalue weighted by Gasteiger charge is 2.17. The Morgan fingerprint density at radius 2 is 1.76 bits per heavy atom. The first-order valence-corrected chi connectivity index (χ1v) is 7.25. The number of hydrogen-bond donors (Lipinski definition) is 3. The lowest BCUT2D eigenvalue weighted by Gasteiger charge is -2.24. The molecule has 0 unspecified atom stereocenters. The van der Waals surface area contributed by atoms with E-state index in [9.17, 15) is 10.2 Å². The number of rotatable bonds is 5. The fourth-order valence-electron chi connectivity index (χ4n) is 2.65. The Morgan fingerprint density at radius 3 is 2.38 bits per heavy atom. The van der Waals surface area contributed by atoms with Crippen LogP contribution in [0.25, 0.3) is 0 Å². The van der Waals surface area contributed by atoms with Crippen molar-refractivity contribution in [3.05, 3.63) is 64.7 Å². The minimum atomic E-state index is -0.151. The molecule has 0 aromatic heterocycles. The number of aliphatic hydroxyl groups excluding tert-OH is 1. The third-order valence-corrected chi connectivity index (χ3v) is 3.78. The fraction of sp³-hybridized carbons (Fsp3) is 0.333. The van der Waals surface area contributed by atoms with Crippen molar-refractivity contribution < 1.29 is 10.2 Å². The molecule has 2 atom stereocenters. The van der Waals surface area contributed by atoms with Gasteiger partial charge in [0.15, 0.2) is 0 Å². The van der Waals surface area contributed by atoms with Gasteiger partial charge in [-0.1, -0.05) is 48.0 Å². The van der Waals surface area contributed by atoms with E-state index in [-0.39, 0.29) is 18.7 Å². The van der Waals surface area contributed by atoms with E-state index in [1.54, 1.807) is 0 Å². The fourth-order valence-corrected chi connectivity index (χ4v) is 2.65. The molecule has 2 aromatic rings. The number of benzene rings is 2. The van der Waals surface area contributed by atoms with Crippen LogP contribution < -0.4 is 5.32 Å².